The molecule has 0 aliphatic rings. The van der Waals surface area contributed by atoms with E-state index in [4.69, 9.17) is 4.74 Å². The maximum atomic E-state index is 12.1. The number of ether oxygens (including phenoxy) is 1. The summed E-state index contributed by atoms with van der Waals surface area (Å²) in [7, 11) is 1.61. The van der Waals surface area contributed by atoms with Crippen LogP contribution in [0.15, 0.2) is 72.9 Å². The molecule has 1 aromatic heterocycles. The first-order chi connectivity index (χ1) is 12.2. The van der Waals surface area contributed by atoms with E-state index in [1.807, 2.05) is 36.5 Å². The zero-order valence-electron chi connectivity index (χ0n) is 14.1. The largest absolute Gasteiger partial charge is 0.497 e. The van der Waals surface area contributed by atoms with E-state index in [-0.39, 0.29) is 6.03 Å². The first kappa shape index (κ1) is 16.6. The van der Waals surface area contributed by atoms with Crippen molar-refractivity contribution in [1.29, 1.82) is 0 Å². The zero-order chi connectivity index (χ0) is 17.5. The summed E-state index contributed by atoms with van der Waals surface area (Å²) in [6.07, 6.45) is 2.02. The molecule has 2 amide bonds. The number of nitrogens with one attached hydrogen (secondary N) is 2. The summed E-state index contributed by atoms with van der Waals surface area (Å²) in [5.41, 5.74) is 2.99. The van der Waals surface area contributed by atoms with Crippen LogP contribution in [0.1, 0.15) is 11.3 Å². The van der Waals surface area contributed by atoms with Gasteiger partial charge in [-0.25, -0.2) is 4.79 Å². The second-order valence-electron chi connectivity index (χ2n) is 5.65. The lowest BCUT2D eigenvalue weighted by atomic mass is 10.2. The van der Waals surface area contributed by atoms with Crippen LogP contribution < -0.4 is 15.4 Å². The molecular formula is C20H21N3O2. The molecule has 2 aromatic carbocycles. The van der Waals surface area contributed by atoms with Gasteiger partial charge in [0.25, 0.3) is 0 Å². The normalized spacial score (nSPS) is 10.3. The van der Waals surface area contributed by atoms with Gasteiger partial charge in [-0.05, 0) is 42.0 Å². The highest BCUT2D eigenvalue weighted by atomic mass is 16.5. The molecule has 0 saturated heterocycles. The number of urea groups is 1. The van der Waals surface area contributed by atoms with Crippen LogP contribution >= 0.6 is 0 Å². The molecule has 5 nitrogen and oxygen atoms in total. The minimum Gasteiger partial charge on any atom is -0.497 e. The number of methoxy groups -OCH3 is 1. The lowest BCUT2D eigenvalue weighted by Crippen LogP contribution is -2.29. The lowest BCUT2D eigenvalue weighted by molar-refractivity contribution is 0.251. The molecule has 0 aliphatic carbocycles. The number of hydrogen-bond acceptors (Lipinski definition) is 2. The highest BCUT2D eigenvalue weighted by Crippen LogP contribution is 2.15. The first-order valence-corrected chi connectivity index (χ1v) is 8.11. The molecule has 3 rings (SSSR count). The number of nitrogens with zero attached hydrogens (tertiary/aromatic N) is 1. The fourth-order valence-electron chi connectivity index (χ4n) is 2.56. The van der Waals surface area contributed by atoms with Gasteiger partial charge in [-0.2, -0.15) is 0 Å². The molecule has 0 saturated carbocycles. The monoisotopic (exact) mass is 335 g/mol. The van der Waals surface area contributed by atoms with Crippen LogP contribution in [0.5, 0.6) is 5.75 Å². The van der Waals surface area contributed by atoms with Gasteiger partial charge in [-0.3, -0.25) is 0 Å². The lowest BCUT2D eigenvalue weighted by Gasteiger charge is -2.11. The Labute approximate surface area is 147 Å². The number of hydrogen-bond donors (Lipinski definition) is 2. The van der Waals surface area contributed by atoms with E-state index in [0.717, 1.165) is 23.7 Å². The first-order valence-electron chi connectivity index (χ1n) is 8.11. The Bertz CT molecular complexity index is 810. The molecule has 0 radical (unpaired) electrons. The Morgan fingerprint density at radius 2 is 1.76 bits per heavy atom. The van der Waals surface area contributed by atoms with Crippen molar-refractivity contribution >= 4 is 11.7 Å². The summed E-state index contributed by atoms with van der Waals surface area (Å²) < 4.78 is 7.23. The molecule has 5 heteroatoms. The minimum absolute atomic E-state index is 0.238. The van der Waals surface area contributed by atoms with Gasteiger partial charge < -0.3 is 19.9 Å². The summed E-state index contributed by atoms with van der Waals surface area (Å²) >= 11 is 0. The van der Waals surface area contributed by atoms with E-state index >= 15 is 0 Å². The Morgan fingerprint density at radius 1 is 1.00 bits per heavy atom. The van der Waals surface area contributed by atoms with Crippen LogP contribution in [0.25, 0.3) is 0 Å². The average Bonchev–Trinajstić information content (AvgIpc) is 3.08. The van der Waals surface area contributed by atoms with Crippen molar-refractivity contribution in [2.45, 2.75) is 13.1 Å². The number of carbonyl (C=O) groups excluding carboxylic acids is 1. The quantitative estimate of drug-likeness (QED) is 0.718. The fourth-order valence-corrected chi connectivity index (χ4v) is 2.56. The second kappa shape index (κ2) is 8.06. The van der Waals surface area contributed by atoms with E-state index < -0.39 is 0 Å². The Balaban J connectivity index is 1.54. The van der Waals surface area contributed by atoms with Crippen LogP contribution in [0.4, 0.5) is 10.5 Å². The average molecular weight is 335 g/mol. The number of anilines is 1. The van der Waals surface area contributed by atoms with Gasteiger partial charge in [-0.15, -0.1) is 0 Å². The summed E-state index contributed by atoms with van der Waals surface area (Å²) in [6.45, 7) is 1.24. The fraction of sp³-hybridized carbons (Fsp3) is 0.150. The third-order valence-electron chi connectivity index (χ3n) is 3.90. The van der Waals surface area contributed by atoms with Gasteiger partial charge in [0.15, 0.2) is 0 Å². The van der Waals surface area contributed by atoms with Crippen molar-refractivity contribution in [3.8, 4) is 5.75 Å². The molecular weight excluding hydrogens is 314 g/mol. The van der Waals surface area contributed by atoms with E-state index in [0.29, 0.717) is 6.54 Å². The SMILES string of the molecule is COc1ccc(NC(=O)NCc2cccn2Cc2ccccc2)cc1. The van der Waals surface area contributed by atoms with Crippen LogP contribution in [0.2, 0.25) is 0 Å². The third kappa shape index (κ3) is 4.64. The van der Waals surface area contributed by atoms with E-state index in [2.05, 4.69) is 27.3 Å². The van der Waals surface area contributed by atoms with Crippen molar-refractivity contribution < 1.29 is 9.53 Å². The molecule has 0 atom stereocenters. The molecule has 25 heavy (non-hydrogen) atoms. The van der Waals surface area contributed by atoms with Gasteiger partial charge in [0.2, 0.25) is 0 Å². The third-order valence-corrected chi connectivity index (χ3v) is 3.90. The molecule has 0 unspecified atom stereocenters. The maximum absolute atomic E-state index is 12.1. The summed E-state index contributed by atoms with van der Waals surface area (Å²) in [4.78, 5) is 12.1. The Kier molecular flexibility index (Phi) is 5.36. The molecule has 2 N–H and O–H groups in total. The summed E-state index contributed by atoms with van der Waals surface area (Å²) in [5, 5.41) is 5.70. The number of carbonyl (C=O) groups is 1. The second-order valence-corrected chi connectivity index (χ2v) is 5.65. The maximum Gasteiger partial charge on any atom is 0.319 e. The van der Waals surface area contributed by atoms with Crippen LogP contribution in [0, 0.1) is 0 Å². The summed E-state index contributed by atoms with van der Waals surface area (Å²) in [6, 6.07) is 21.2. The van der Waals surface area contributed by atoms with Crippen molar-refractivity contribution in [3.05, 3.63) is 84.2 Å². The van der Waals surface area contributed by atoms with Crippen LogP contribution in [-0.2, 0) is 13.1 Å². The van der Waals surface area contributed by atoms with E-state index in [9.17, 15) is 4.79 Å². The van der Waals surface area contributed by atoms with Crippen molar-refractivity contribution in [3.63, 3.8) is 0 Å². The van der Waals surface area contributed by atoms with Gasteiger partial charge in [-0.1, -0.05) is 30.3 Å². The molecule has 128 valence electrons. The zero-order valence-corrected chi connectivity index (χ0v) is 14.1. The van der Waals surface area contributed by atoms with Crippen LogP contribution in [-0.4, -0.2) is 17.7 Å². The van der Waals surface area contributed by atoms with Crippen molar-refractivity contribution in [1.82, 2.24) is 9.88 Å². The number of aromatic nitrogens is 1. The smallest absolute Gasteiger partial charge is 0.319 e. The van der Waals surface area contributed by atoms with Crippen molar-refractivity contribution in [2.24, 2.45) is 0 Å². The van der Waals surface area contributed by atoms with Gasteiger partial charge in [0, 0.05) is 24.1 Å². The Morgan fingerprint density at radius 3 is 2.48 bits per heavy atom. The molecule has 0 aliphatic heterocycles. The van der Waals surface area contributed by atoms with Gasteiger partial charge in [0.05, 0.1) is 13.7 Å². The van der Waals surface area contributed by atoms with Gasteiger partial charge in [0.1, 0.15) is 5.75 Å². The minimum atomic E-state index is -0.238. The molecule has 0 fully saturated rings. The Hall–Kier alpha value is -3.21. The molecule has 0 spiro atoms. The highest BCUT2D eigenvalue weighted by Gasteiger charge is 2.05. The van der Waals surface area contributed by atoms with Crippen molar-refractivity contribution in [2.75, 3.05) is 12.4 Å². The predicted octanol–water partition coefficient (Wildman–Crippen LogP) is 3.87. The molecule has 0 bridgehead atoms. The standard InChI is InChI=1S/C20H21N3O2/c1-25-19-11-9-17(10-12-19)22-20(24)21-14-18-8-5-13-23(18)15-16-6-3-2-4-7-16/h2-13H,14-15H2,1H3,(H2,21,22,24). The molecule has 3 aromatic rings. The number of rotatable bonds is 6. The highest BCUT2D eigenvalue weighted by molar-refractivity contribution is 5.89. The van der Waals surface area contributed by atoms with Gasteiger partial charge >= 0.3 is 6.03 Å². The summed E-state index contributed by atoms with van der Waals surface area (Å²) in [5.74, 6) is 0.754. The van der Waals surface area contributed by atoms with E-state index in [1.54, 1.807) is 31.4 Å². The topological polar surface area (TPSA) is 55.3 Å². The number of benzene rings is 2. The number of amides is 2. The van der Waals surface area contributed by atoms with Crippen LogP contribution in [0.3, 0.4) is 0 Å². The van der Waals surface area contributed by atoms with E-state index in [1.165, 1.54) is 5.56 Å². The molecule has 1 heterocycles. The predicted molar refractivity (Wildman–Crippen MR) is 98.8 cm³/mol.